The molecular formula is C16H25IN2O6S. The minimum absolute atomic E-state index is 0.0995. The summed E-state index contributed by atoms with van der Waals surface area (Å²) >= 11 is 2.14. The first kappa shape index (κ1) is 21.8. The van der Waals surface area contributed by atoms with Crippen LogP contribution in [-0.4, -0.2) is 74.4 Å². The zero-order valence-corrected chi connectivity index (χ0v) is 17.5. The molecule has 2 rings (SSSR count). The zero-order chi connectivity index (χ0) is 18.8. The van der Waals surface area contributed by atoms with Crippen LogP contribution in [-0.2, 0) is 29.0 Å². The molecule has 0 unspecified atom stereocenters. The van der Waals surface area contributed by atoms with Gasteiger partial charge < -0.3 is 23.8 Å². The predicted molar refractivity (Wildman–Crippen MR) is 106 cm³/mol. The number of primary sulfonamides is 1. The molecule has 0 bridgehead atoms. The van der Waals surface area contributed by atoms with Crippen molar-refractivity contribution >= 4 is 38.3 Å². The van der Waals surface area contributed by atoms with Crippen molar-refractivity contribution in [3.63, 3.8) is 0 Å². The Morgan fingerprint density at radius 3 is 1.77 bits per heavy atom. The molecule has 26 heavy (non-hydrogen) atoms. The number of hydrogen-bond acceptors (Lipinski definition) is 7. The number of nitrogens with two attached hydrogens (primary N) is 1. The van der Waals surface area contributed by atoms with E-state index in [0.29, 0.717) is 71.6 Å². The van der Waals surface area contributed by atoms with Gasteiger partial charge in [0.15, 0.2) is 0 Å². The molecule has 2 N–H and O–H groups in total. The lowest BCUT2D eigenvalue weighted by molar-refractivity contribution is 0.00206. The van der Waals surface area contributed by atoms with Crippen LogP contribution >= 0.6 is 22.6 Å². The average Bonchev–Trinajstić information content (AvgIpc) is 2.59. The third kappa shape index (κ3) is 7.62. The molecule has 1 aliphatic rings. The first-order valence-electron chi connectivity index (χ1n) is 8.37. The molecule has 8 nitrogen and oxygen atoms in total. The first-order valence-corrected chi connectivity index (χ1v) is 11.0. The van der Waals surface area contributed by atoms with Crippen molar-refractivity contribution in [3.05, 3.63) is 21.8 Å². The highest BCUT2D eigenvalue weighted by Gasteiger charge is 2.19. The topological polar surface area (TPSA) is 100 Å². The maximum Gasteiger partial charge on any atom is 0.240 e. The molecule has 0 radical (unpaired) electrons. The molecule has 1 aromatic rings. The maximum absolute atomic E-state index is 12.0. The fourth-order valence-corrected chi connectivity index (χ4v) is 3.65. The van der Waals surface area contributed by atoms with Gasteiger partial charge in [0.1, 0.15) is 4.90 Å². The highest BCUT2D eigenvalue weighted by atomic mass is 127. The second-order valence-electron chi connectivity index (χ2n) is 5.59. The Morgan fingerprint density at radius 2 is 1.31 bits per heavy atom. The van der Waals surface area contributed by atoms with Gasteiger partial charge in [0.25, 0.3) is 0 Å². The van der Waals surface area contributed by atoms with Gasteiger partial charge in [0.05, 0.1) is 58.5 Å². The number of halogens is 1. The van der Waals surface area contributed by atoms with E-state index in [1.807, 2.05) is 4.90 Å². The first-order chi connectivity index (χ1) is 12.5. The summed E-state index contributed by atoms with van der Waals surface area (Å²) in [6.07, 6.45) is 0. The molecule has 1 aliphatic heterocycles. The van der Waals surface area contributed by atoms with Gasteiger partial charge in [-0.1, -0.05) is 0 Å². The van der Waals surface area contributed by atoms with Crippen LogP contribution in [0.3, 0.4) is 0 Å². The Hall–Kier alpha value is -0.500. The lowest BCUT2D eigenvalue weighted by Crippen LogP contribution is -2.33. The summed E-state index contributed by atoms with van der Waals surface area (Å²) in [6, 6.07) is 5.06. The van der Waals surface area contributed by atoms with Crippen molar-refractivity contribution in [2.75, 3.05) is 70.8 Å². The van der Waals surface area contributed by atoms with E-state index in [0.717, 1.165) is 3.57 Å². The highest BCUT2D eigenvalue weighted by molar-refractivity contribution is 14.1. The normalized spacial score (nSPS) is 19.5. The summed E-state index contributed by atoms with van der Waals surface area (Å²) in [7, 11) is -3.83. The SMILES string of the molecule is NS(=O)(=O)c1ccc(I)cc1N1CCOCCOCCOCCOCC1. The Morgan fingerprint density at radius 1 is 0.846 bits per heavy atom. The molecule has 1 fully saturated rings. The molecule has 148 valence electrons. The van der Waals surface area contributed by atoms with Gasteiger partial charge in [0.2, 0.25) is 10.0 Å². The van der Waals surface area contributed by atoms with Crippen LogP contribution < -0.4 is 10.0 Å². The number of benzene rings is 1. The summed E-state index contributed by atoms with van der Waals surface area (Å²) in [5.41, 5.74) is 0.559. The van der Waals surface area contributed by atoms with Crippen LogP contribution in [0, 0.1) is 3.57 Å². The highest BCUT2D eigenvalue weighted by Crippen LogP contribution is 2.26. The number of ether oxygens (including phenoxy) is 4. The van der Waals surface area contributed by atoms with Crippen molar-refractivity contribution in [2.45, 2.75) is 4.90 Å². The van der Waals surface area contributed by atoms with Crippen molar-refractivity contribution in [1.29, 1.82) is 0 Å². The van der Waals surface area contributed by atoms with Gasteiger partial charge >= 0.3 is 0 Å². The van der Waals surface area contributed by atoms with Gasteiger partial charge in [-0.2, -0.15) is 0 Å². The monoisotopic (exact) mass is 500 g/mol. The quantitative estimate of drug-likeness (QED) is 0.601. The maximum atomic E-state index is 12.0. The Bertz CT molecular complexity index is 642. The lowest BCUT2D eigenvalue weighted by atomic mass is 10.3. The van der Waals surface area contributed by atoms with E-state index in [9.17, 15) is 8.42 Å². The Labute approximate surface area is 168 Å². The van der Waals surface area contributed by atoms with Crippen molar-refractivity contribution in [1.82, 2.24) is 0 Å². The number of nitrogens with zero attached hydrogens (tertiary/aromatic N) is 1. The average molecular weight is 500 g/mol. The minimum atomic E-state index is -3.83. The summed E-state index contributed by atoms with van der Waals surface area (Å²) < 4.78 is 46.8. The van der Waals surface area contributed by atoms with Gasteiger partial charge in [-0.05, 0) is 40.8 Å². The number of anilines is 1. The predicted octanol–water partition coefficient (Wildman–Crippen LogP) is 0.825. The van der Waals surface area contributed by atoms with E-state index in [1.165, 1.54) is 6.07 Å². The molecule has 10 heteroatoms. The van der Waals surface area contributed by atoms with E-state index in [1.54, 1.807) is 12.1 Å². The second-order valence-corrected chi connectivity index (χ2v) is 8.37. The fourth-order valence-electron chi connectivity index (χ4n) is 2.44. The molecule has 0 spiro atoms. The van der Waals surface area contributed by atoms with Crippen LogP contribution in [0.4, 0.5) is 5.69 Å². The van der Waals surface area contributed by atoms with Crippen LogP contribution in [0.15, 0.2) is 23.1 Å². The smallest absolute Gasteiger partial charge is 0.240 e. The third-order valence-electron chi connectivity index (χ3n) is 3.70. The van der Waals surface area contributed by atoms with Gasteiger partial charge in [0, 0.05) is 16.7 Å². The molecule has 1 saturated heterocycles. The van der Waals surface area contributed by atoms with Crippen LogP contribution in [0.2, 0.25) is 0 Å². The van der Waals surface area contributed by atoms with E-state index in [2.05, 4.69) is 22.6 Å². The minimum Gasteiger partial charge on any atom is -0.377 e. The Kier molecular flexibility index (Phi) is 9.53. The molecule has 0 atom stereocenters. The number of rotatable bonds is 2. The van der Waals surface area contributed by atoms with Crippen LogP contribution in [0.5, 0.6) is 0 Å². The fraction of sp³-hybridized carbons (Fsp3) is 0.625. The second kappa shape index (κ2) is 11.4. The summed E-state index contributed by atoms with van der Waals surface area (Å²) in [5.74, 6) is 0. The molecular weight excluding hydrogens is 475 g/mol. The largest absolute Gasteiger partial charge is 0.377 e. The van der Waals surface area contributed by atoms with Crippen molar-refractivity contribution in [2.24, 2.45) is 5.14 Å². The molecule has 0 aromatic heterocycles. The third-order valence-corrected chi connectivity index (χ3v) is 5.32. The number of sulfonamides is 1. The lowest BCUT2D eigenvalue weighted by Gasteiger charge is -2.26. The van der Waals surface area contributed by atoms with Gasteiger partial charge in [-0.15, -0.1) is 0 Å². The Balaban J connectivity index is 2.13. The van der Waals surface area contributed by atoms with Crippen molar-refractivity contribution in [3.8, 4) is 0 Å². The van der Waals surface area contributed by atoms with E-state index < -0.39 is 10.0 Å². The summed E-state index contributed by atoms with van der Waals surface area (Å²) in [4.78, 5) is 2.02. The zero-order valence-electron chi connectivity index (χ0n) is 14.6. The molecule has 0 amide bonds. The molecule has 0 saturated carbocycles. The molecule has 1 aromatic carbocycles. The summed E-state index contributed by atoms with van der Waals surface area (Å²) in [5, 5.41) is 5.39. The van der Waals surface area contributed by atoms with E-state index >= 15 is 0 Å². The van der Waals surface area contributed by atoms with Gasteiger partial charge in [-0.25, -0.2) is 13.6 Å². The van der Waals surface area contributed by atoms with Crippen LogP contribution in [0.25, 0.3) is 0 Å². The van der Waals surface area contributed by atoms with E-state index in [4.69, 9.17) is 24.1 Å². The van der Waals surface area contributed by atoms with E-state index in [-0.39, 0.29) is 4.90 Å². The molecule has 1 heterocycles. The summed E-state index contributed by atoms with van der Waals surface area (Å²) in [6.45, 7) is 4.88. The van der Waals surface area contributed by atoms with Crippen molar-refractivity contribution < 1.29 is 27.4 Å². The van der Waals surface area contributed by atoms with Crippen LogP contribution in [0.1, 0.15) is 0 Å². The standard InChI is InChI=1S/C16H25IN2O6S/c17-14-1-2-16(26(18,20)21)15(13-14)19-3-5-22-7-9-24-11-12-25-10-8-23-6-4-19/h1-2,13H,3-12H2,(H2,18,20,21). The van der Waals surface area contributed by atoms with Gasteiger partial charge in [-0.3, -0.25) is 0 Å². The number of hydrogen-bond donors (Lipinski definition) is 1. The molecule has 0 aliphatic carbocycles.